The highest BCUT2D eigenvalue weighted by atomic mass is 35.5. The summed E-state index contributed by atoms with van der Waals surface area (Å²) >= 11 is 7.72. The fourth-order valence-corrected chi connectivity index (χ4v) is 2.78. The zero-order valence-electron chi connectivity index (χ0n) is 8.62. The summed E-state index contributed by atoms with van der Waals surface area (Å²) < 4.78 is 0. The van der Waals surface area contributed by atoms with Gasteiger partial charge < -0.3 is 4.98 Å². The second kappa shape index (κ2) is 3.61. The molecule has 1 N–H and O–H groups in total. The summed E-state index contributed by atoms with van der Waals surface area (Å²) in [5.41, 5.74) is 4.22. The maximum absolute atomic E-state index is 5.98. The lowest BCUT2D eigenvalue weighted by atomic mass is 10.2. The fourth-order valence-electron chi connectivity index (χ4n) is 1.69. The van der Waals surface area contributed by atoms with Crippen LogP contribution in [0.15, 0.2) is 29.9 Å². The number of nitrogens with one attached hydrogen (secondary N) is 1. The highest BCUT2D eigenvalue weighted by Gasteiger charge is 2.06. The summed E-state index contributed by atoms with van der Waals surface area (Å²) in [6.07, 6.45) is 3.63. The molecule has 0 unspecified atom stereocenters. The molecule has 0 aliphatic heterocycles. The second-order valence-electron chi connectivity index (χ2n) is 3.75. The van der Waals surface area contributed by atoms with Gasteiger partial charge in [-0.05, 0) is 30.0 Å². The monoisotopic (exact) mass is 248 g/mol. The highest BCUT2D eigenvalue weighted by Crippen LogP contribution is 2.29. The molecule has 3 aromatic rings. The van der Waals surface area contributed by atoms with Gasteiger partial charge in [0.05, 0.1) is 10.5 Å². The lowest BCUT2D eigenvalue weighted by molar-refractivity contribution is 1.41. The molecule has 80 valence electrons. The van der Waals surface area contributed by atoms with E-state index in [1.165, 1.54) is 10.4 Å². The van der Waals surface area contributed by atoms with E-state index in [-0.39, 0.29) is 0 Å². The van der Waals surface area contributed by atoms with Crippen LogP contribution in [0, 0.1) is 6.92 Å². The first kappa shape index (κ1) is 9.87. The summed E-state index contributed by atoms with van der Waals surface area (Å²) in [6.45, 7) is 2.09. The Balaban J connectivity index is 2.18. The minimum Gasteiger partial charge on any atom is -0.358 e. The molecule has 0 saturated heterocycles. The number of hydrogen-bond donors (Lipinski definition) is 1. The van der Waals surface area contributed by atoms with Crippen LogP contribution in [0.1, 0.15) is 5.56 Å². The lowest BCUT2D eigenvalue weighted by Crippen LogP contribution is -1.78. The standard InChI is InChI=1S/C12H9ClN2S/c1-7-2-11(16-6-7)8-3-10-12(15-4-8)9(13)5-14-10/h2-6,14H,1H3. The number of H-pyrrole nitrogens is 1. The van der Waals surface area contributed by atoms with Crippen molar-refractivity contribution in [3.63, 3.8) is 0 Å². The smallest absolute Gasteiger partial charge is 0.107 e. The van der Waals surface area contributed by atoms with Crippen molar-refractivity contribution in [3.8, 4) is 10.4 Å². The van der Waals surface area contributed by atoms with Gasteiger partial charge in [0.25, 0.3) is 0 Å². The van der Waals surface area contributed by atoms with Crippen molar-refractivity contribution in [2.75, 3.05) is 0 Å². The topological polar surface area (TPSA) is 28.7 Å². The number of aromatic amines is 1. The van der Waals surface area contributed by atoms with E-state index in [4.69, 9.17) is 11.6 Å². The third-order valence-electron chi connectivity index (χ3n) is 2.48. The van der Waals surface area contributed by atoms with Crippen molar-refractivity contribution in [2.45, 2.75) is 6.92 Å². The van der Waals surface area contributed by atoms with Crippen LogP contribution in [-0.4, -0.2) is 9.97 Å². The molecule has 4 heteroatoms. The molecule has 0 atom stereocenters. The van der Waals surface area contributed by atoms with E-state index in [1.807, 2.05) is 6.20 Å². The SMILES string of the molecule is Cc1csc(-c2cnc3c(Cl)c[nH]c3c2)c1. The number of thiophene rings is 1. The summed E-state index contributed by atoms with van der Waals surface area (Å²) in [4.78, 5) is 8.72. The van der Waals surface area contributed by atoms with Crippen molar-refractivity contribution < 1.29 is 0 Å². The number of pyridine rings is 1. The highest BCUT2D eigenvalue weighted by molar-refractivity contribution is 7.13. The minimum absolute atomic E-state index is 0.670. The Kier molecular flexibility index (Phi) is 2.23. The Bertz CT molecular complexity index is 654. The Labute approximate surface area is 102 Å². The van der Waals surface area contributed by atoms with Gasteiger partial charge in [-0.1, -0.05) is 11.6 Å². The van der Waals surface area contributed by atoms with Gasteiger partial charge in [0.15, 0.2) is 0 Å². The fraction of sp³-hybridized carbons (Fsp3) is 0.0833. The van der Waals surface area contributed by atoms with E-state index in [9.17, 15) is 0 Å². The van der Waals surface area contributed by atoms with Crippen molar-refractivity contribution in [3.05, 3.63) is 40.5 Å². The summed E-state index contributed by atoms with van der Waals surface area (Å²) in [6, 6.07) is 4.25. The van der Waals surface area contributed by atoms with Crippen LogP contribution in [0.25, 0.3) is 21.5 Å². The van der Waals surface area contributed by atoms with Crippen LogP contribution in [-0.2, 0) is 0 Å². The zero-order chi connectivity index (χ0) is 11.1. The molecule has 0 bridgehead atoms. The molecule has 0 spiro atoms. The van der Waals surface area contributed by atoms with Gasteiger partial charge in [0, 0.05) is 22.8 Å². The molecule has 0 radical (unpaired) electrons. The molecular formula is C12H9ClN2S. The number of aromatic nitrogens is 2. The van der Waals surface area contributed by atoms with Gasteiger partial charge in [-0.15, -0.1) is 11.3 Å². The first-order chi connectivity index (χ1) is 7.74. The van der Waals surface area contributed by atoms with Crippen LogP contribution in [0.5, 0.6) is 0 Å². The van der Waals surface area contributed by atoms with E-state index in [0.717, 1.165) is 16.6 Å². The largest absolute Gasteiger partial charge is 0.358 e. The Hall–Kier alpha value is -1.32. The first-order valence-corrected chi connectivity index (χ1v) is 6.18. The minimum atomic E-state index is 0.670. The van der Waals surface area contributed by atoms with E-state index in [0.29, 0.717) is 5.02 Å². The number of nitrogens with zero attached hydrogens (tertiary/aromatic N) is 1. The molecular weight excluding hydrogens is 240 g/mol. The molecule has 0 aromatic carbocycles. The van der Waals surface area contributed by atoms with Crippen molar-refractivity contribution in [1.82, 2.24) is 9.97 Å². The number of rotatable bonds is 1. The zero-order valence-corrected chi connectivity index (χ0v) is 10.2. The number of halogens is 1. The maximum Gasteiger partial charge on any atom is 0.107 e. The molecule has 0 aliphatic carbocycles. The molecule has 2 nitrogen and oxygen atoms in total. The molecule has 16 heavy (non-hydrogen) atoms. The van der Waals surface area contributed by atoms with Crippen molar-refractivity contribution in [2.24, 2.45) is 0 Å². The van der Waals surface area contributed by atoms with Crippen LogP contribution in [0.2, 0.25) is 5.02 Å². The van der Waals surface area contributed by atoms with Crippen LogP contribution >= 0.6 is 22.9 Å². The van der Waals surface area contributed by atoms with Crippen LogP contribution in [0.4, 0.5) is 0 Å². The predicted octanol–water partition coefficient (Wildman–Crippen LogP) is 4.25. The van der Waals surface area contributed by atoms with Crippen molar-refractivity contribution in [1.29, 1.82) is 0 Å². The predicted molar refractivity (Wildman–Crippen MR) is 69.2 cm³/mol. The normalized spacial score (nSPS) is 11.1. The molecule has 0 saturated carbocycles. The third-order valence-corrected chi connectivity index (χ3v) is 3.87. The lowest BCUT2D eigenvalue weighted by Gasteiger charge is -1.97. The van der Waals surface area contributed by atoms with Gasteiger partial charge >= 0.3 is 0 Å². The van der Waals surface area contributed by atoms with Crippen molar-refractivity contribution >= 4 is 34.0 Å². The molecule has 0 fully saturated rings. The Morgan fingerprint density at radius 1 is 1.38 bits per heavy atom. The van der Waals surface area contributed by atoms with Gasteiger partial charge in [-0.25, -0.2) is 0 Å². The average Bonchev–Trinajstić information content (AvgIpc) is 2.86. The van der Waals surface area contributed by atoms with Crippen LogP contribution in [0.3, 0.4) is 0 Å². The molecule has 0 aliphatic rings. The van der Waals surface area contributed by atoms with E-state index in [2.05, 4.69) is 34.4 Å². The maximum atomic E-state index is 5.98. The summed E-state index contributed by atoms with van der Waals surface area (Å²) in [5, 5.41) is 2.81. The number of hydrogen-bond acceptors (Lipinski definition) is 2. The third kappa shape index (κ3) is 1.52. The van der Waals surface area contributed by atoms with Gasteiger partial charge in [0.1, 0.15) is 5.52 Å². The summed E-state index contributed by atoms with van der Waals surface area (Å²) in [7, 11) is 0. The van der Waals surface area contributed by atoms with E-state index >= 15 is 0 Å². The van der Waals surface area contributed by atoms with Gasteiger partial charge in [-0.2, -0.15) is 0 Å². The quantitative estimate of drug-likeness (QED) is 0.685. The van der Waals surface area contributed by atoms with Gasteiger partial charge in [-0.3, -0.25) is 4.98 Å². The average molecular weight is 249 g/mol. The second-order valence-corrected chi connectivity index (χ2v) is 5.06. The number of fused-ring (bicyclic) bond motifs is 1. The van der Waals surface area contributed by atoms with E-state index < -0.39 is 0 Å². The van der Waals surface area contributed by atoms with Crippen LogP contribution < -0.4 is 0 Å². The van der Waals surface area contributed by atoms with Gasteiger partial charge in [0.2, 0.25) is 0 Å². The molecule has 3 rings (SSSR count). The number of aryl methyl sites for hydroxylation is 1. The summed E-state index contributed by atoms with van der Waals surface area (Å²) in [5.74, 6) is 0. The Morgan fingerprint density at radius 2 is 2.25 bits per heavy atom. The van der Waals surface area contributed by atoms with E-state index in [1.54, 1.807) is 17.5 Å². The Morgan fingerprint density at radius 3 is 3.00 bits per heavy atom. The first-order valence-electron chi connectivity index (χ1n) is 4.92. The molecule has 3 heterocycles. The molecule has 0 amide bonds. The molecule has 3 aromatic heterocycles.